The van der Waals surface area contributed by atoms with Crippen molar-refractivity contribution in [1.82, 2.24) is 15.1 Å². The summed E-state index contributed by atoms with van der Waals surface area (Å²) in [6.45, 7) is 1.93. The average Bonchev–Trinajstić information content (AvgIpc) is 3.11. The van der Waals surface area contributed by atoms with Crippen molar-refractivity contribution in [1.29, 1.82) is 0 Å². The van der Waals surface area contributed by atoms with Gasteiger partial charge in [0.05, 0.1) is 12.6 Å². The molecule has 3 rings (SSSR count). The van der Waals surface area contributed by atoms with Crippen molar-refractivity contribution >= 4 is 23.2 Å². The number of nitrogens with zero attached hydrogens (tertiary/aromatic N) is 3. The van der Waals surface area contributed by atoms with Gasteiger partial charge in [0.25, 0.3) is 0 Å². The van der Waals surface area contributed by atoms with Crippen molar-refractivity contribution in [3.8, 4) is 11.5 Å². The van der Waals surface area contributed by atoms with E-state index in [1.807, 2.05) is 13.0 Å². The van der Waals surface area contributed by atoms with Crippen LogP contribution in [0.1, 0.15) is 18.9 Å². The van der Waals surface area contributed by atoms with Crippen LogP contribution in [0, 0.1) is 5.82 Å². The summed E-state index contributed by atoms with van der Waals surface area (Å²) in [4.78, 5) is 13.9. The van der Waals surface area contributed by atoms with Crippen molar-refractivity contribution in [3.63, 3.8) is 0 Å². The van der Waals surface area contributed by atoms with Crippen LogP contribution in [-0.2, 0) is 4.79 Å². The molecule has 140 valence electrons. The molecule has 0 spiro atoms. The third-order valence-corrected chi connectivity index (χ3v) is 4.27. The molecule has 6 nitrogen and oxygen atoms in total. The van der Waals surface area contributed by atoms with E-state index in [0.29, 0.717) is 22.5 Å². The van der Waals surface area contributed by atoms with Gasteiger partial charge in [0.15, 0.2) is 0 Å². The summed E-state index contributed by atoms with van der Waals surface area (Å²) in [7, 11) is 1.76. The van der Waals surface area contributed by atoms with E-state index in [4.69, 9.17) is 16.0 Å². The minimum Gasteiger partial charge on any atom is -0.419 e. The predicted molar refractivity (Wildman–Crippen MR) is 101 cm³/mol. The van der Waals surface area contributed by atoms with Crippen LogP contribution in [0.25, 0.3) is 11.5 Å². The highest BCUT2D eigenvalue weighted by atomic mass is 35.5. The van der Waals surface area contributed by atoms with Crippen molar-refractivity contribution in [3.05, 3.63) is 65.3 Å². The van der Waals surface area contributed by atoms with Gasteiger partial charge >= 0.3 is 0 Å². The minimum absolute atomic E-state index is 0.0760. The van der Waals surface area contributed by atoms with E-state index in [1.54, 1.807) is 36.2 Å². The first-order valence-corrected chi connectivity index (χ1v) is 8.65. The standard InChI is InChI=1S/C19H18ClFN4O2/c1-12(18-23-24-19(27-18)13-5-3-6-14(20)9-13)25(2)11-17(26)22-16-8-4-7-15(21)10-16/h3-10,12H,11H2,1-2H3,(H,22,26)/t12-/m0/s1. The number of halogens is 2. The molecule has 1 N–H and O–H groups in total. The average molecular weight is 389 g/mol. The lowest BCUT2D eigenvalue weighted by Crippen LogP contribution is -2.32. The summed E-state index contributed by atoms with van der Waals surface area (Å²) in [5, 5.41) is 11.3. The Labute approximate surface area is 161 Å². The van der Waals surface area contributed by atoms with Crippen molar-refractivity contribution in [2.45, 2.75) is 13.0 Å². The molecule has 0 aliphatic carbocycles. The molecule has 0 fully saturated rings. The molecule has 1 amide bonds. The van der Waals surface area contributed by atoms with Crippen LogP contribution in [-0.4, -0.2) is 34.6 Å². The zero-order valence-electron chi connectivity index (χ0n) is 14.8. The van der Waals surface area contributed by atoms with Crippen LogP contribution in [0.2, 0.25) is 5.02 Å². The van der Waals surface area contributed by atoms with Gasteiger partial charge < -0.3 is 9.73 Å². The van der Waals surface area contributed by atoms with E-state index < -0.39 is 5.82 Å². The number of nitrogens with one attached hydrogen (secondary N) is 1. The molecule has 0 radical (unpaired) electrons. The van der Waals surface area contributed by atoms with Crippen LogP contribution < -0.4 is 5.32 Å². The number of hydrogen-bond donors (Lipinski definition) is 1. The van der Waals surface area contributed by atoms with E-state index in [2.05, 4.69) is 15.5 Å². The Morgan fingerprint density at radius 1 is 1.26 bits per heavy atom. The molecule has 0 bridgehead atoms. The minimum atomic E-state index is -0.408. The summed E-state index contributed by atoms with van der Waals surface area (Å²) in [5.41, 5.74) is 1.13. The highest BCUT2D eigenvalue weighted by molar-refractivity contribution is 6.30. The Morgan fingerprint density at radius 2 is 2.04 bits per heavy atom. The van der Waals surface area contributed by atoms with Crippen LogP contribution in [0.4, 0.5) is 10.1 Å². The number of amides is 1. The lowest BCUT2D eigenvalue weighted by atomic mass is 10.2. The fraction of sp³-hybridized carbons (Fsp3) is 0.211. The molecule has 3 aromatic rings. The highest BCUT2D eigenvalue weighted by Gasteiger charge is 2.21. The Hall–Kier alpha value is -2.77. The van der Waals surface area contributed by atoms with Gasteiger partial charge in [0.2, 0.25) is 17.7 Å². The van der Waals surface area contributed by atoms with E-state index in [-0.39, 0.29) is 18.5 Å². The largest absolute Gasteiger partial charge is 0.419 e. The Balaban J connectivity index is 1.63. The maximum atomic E-state index is 13.2. The molecule has 1 aromatic heterocycles. The Bertz CT molecular complexity index is 947. The van der Waals surface area contributed by atoms with Crippen molar-refractivity contribution < 1.29 is 13.6 Å². The number of benzene rings is 2. The fourth-order valence-corrected chi connectivity index (χ4v) is 2.65. The molecule has 27 heavy (non-hydrogen) atoms. The highest BCUT2D eigenvalue weighted by Crippen LogP contribution is 2.25. The van der Waals surface area contributed by atoms with E-state index in [0.717, 1.165) is 5.56 Å². The summed E-state index contributed by atoms with van der Waals surface area (Å²) < 4.78 is 18.9. The van der Waals surface area contributed by atoms with E-state index in [9.17, 15) is 9.18 Å². The quantitative estimate of drug-likeness (QED) is 0.686. The first kappa shape index (κ1) is 19.0. The third-order valence-electron chi connectivity index (χ3n) is 4.03. The number of carbonyl (C=O) groups is 1. The maximum absolute atomic E-state index is 13.2. The van der Waals surface area contributed by atoms with Gasteiger partial charge in [-0.3, -0.25) is 9.69 Å². The van der Waals surface area contributed by atoms with Crippen LogP contribution in [0.3, 0.4) is 0 Å². The Kier molecular flexibility index (Phi) is 5.83. The fourth-order valence-electron chi connectivity index (χ4n) is 2.46. The van der Waals surface area contributed by atoms with Crippen LogP contribution >= 0.6 is 11.6 Å². The SMILES string of the molecule is C[C@@H](c1nnc(-c2cccc(Cl)c2)o1)N(C)CC(=O)Nc1cccc(F)c1. The number of hydrogen-bond acceptors (Lipinski definition) is 5. The lowest BCUT2D eigenvalue weighted by Gasteiger charge is -2.21. The van der Waals surface area contributed by atoms with Gasteiger partial charge in [-0.1, -0.05) is 23.7 Å². The summed E-state index contributed by atoms with van der Waals surface area (Å²) >= 11 is 5.98. The molecule has 1 atom stereocenters. The van der Waals surface area contributed by atoms with Crippen LogP contribution in [0.15, 0.2) is 52.9 Å². The smallest absolute Gasteiger partial charge is 0.247 e. The van der Waals surface area contributed by atoms with Crippen molar-refractivity contribution in [2.24, 2.45) is 0 Å². The van der Waals surface area contributed by atoms with Gasteiger partial charge in [-0.25, -0.2) is 4.39 Å². The van der Waals surface area contributed by atoms with Gasteiger partial charge in [-0.2, -0.15) is 0 Å². The second kappa shape index (κ2) is 8.28. The molecule has 1 heterocycles. The molecule has 2 aromatic carbocycles. The monoisotopic (exact) mass is 388 g/mol. The second-order valence-corrected chi connectivity index (χ2v) is 6.54. The number of aromatic nitrogens is 2. The van der Waals surface area contributed by atoms with Gasteiger partial charge in [0.1, 0.15) is 5.82 Å². The van der Waals surface area contributed by atoms with Crippen LogP contribution in [0.5, 0.6) is 0 Å². The van der Waals surface area contributed by atoms with Gasteiger partial charge in [-0.05, 0) is 50.4 Å². The normalized spacial score (nSPS) is 12.2. The van der Waals surface area contributed by atoms with Crippen molar-refractivity contribution in [2.75, 3.05) is 18.9 Å². The molecule has 0 aliphatic heterocycles. The third kappa shape index (κ3) is 4.90. The number of anilines is 1. The molecule has 0 unspecified atom stereocenters. The molecular weight excluding hydrogens is 371 g/mol. The topological polar surface area (TPSA) is 71.3 Å². The Morgan fingerprint density at radius 3 is 2.78 bits per heavy atom. The molecule has 0 aliphatic rings. The number of rotatable bonds is 6. The first-order valence-electron chi connectivity index (χ1n) is 8.27. The molecule has 0 saturated heterocycles. The van der Waals surface area contributed by atoms with E-state index >= 15 is 0 Å². The molecule has 8 heteroatoms. The molecular formula is C19H18ClFN4O2. The second-order valence-electron chi connectivity index (χ2n) is 6.11. The summed E-state index contributed by atoms with van der Waals surface area (Å²) in [6.07, 6.45) is 0. The van der Waals surface area contributed by atoms with Gasteiger partial charge in [0, 0.05) is 16.3 Å². The zero-order valence-corrected chi connectivity index (χ0v) is 15.6. The first-order chi connectivity index (χ1) is 12.9. The summed E-state index contributed by atoms with van der Waals surface area (Å²) in [6, 6.07) is 12.6. The van der Waals surface area contributed by atoms with Gasteiger partial charge in [-0.15, -0.1) is 10.2 Å². The molecule has 0 saturated carbocycles. The predicted octanol–water partition coefficient (Wildman–Crippen LogP) is 4.16. The number of carbonyl (C=O) groups excluding carboxylic acids is 1. The summed E-state index contributed by atoms with van der Waals surface area (Å²) in [5.74, 6) is 0.0569. The van der Waals surface area contributed by atoms with E-state index in [1.165, 1.54) is 18.2 Å². The maximum Gasteiger partial charge on any atom is 0.247 e. The number of likely N-dealkylation sites (N-methyl/N-ethyl adjacent to an activating group) is 1. The zero-order chi connectivity index (χ0) is 19.4. The lowest BCUT2D eigenvalue weighted by molar-refractivity contribution is -0.117.